The molecule has 0 aliphatic carbocycles. The summed E-state index contributed by atoms with van der Waals surface area (Å²) in [6.45, 7) is 0.885. The first-order valence-electron chi connectivity index (χ1n) is 6.45. The van der Waals surface area contributed by atoms with Crippen LogP contribution < -0.4 is 4.74 Å². The fraction of sp³-hybridized carbons (Fsp3) is 0.692. The maximum Gasteiger partial charge on any atom is 0.216 e. The summed E-state index contributed by atoms with van der Waals surface area (Å²) in [6.07, 6.45) is 6.21. The van der Waals surface area contributed by atoms with Crippen LogP contribution in [0.4, 0.5) is 0 Å². The highest BCUT2D eigenvalue weighted by Crippen LogP contribution is 2.23. The predicted octanol–water partition coefficient (Wildman–Crippen LogP) is 1.87. The zero-order chi connectivity index (χ0) is 12.8. The van der Waals surface area contributed by atoms with Crippen molar-refractivity contribution in [1.82, 2.24) is 9.97 Å². The molecule has 1 aliphatic rings. The fourth-order valence-electron chi connectivity index (χ4n) is 2.21. The summed E-state index contributed by atoms with van der Waals surface area (Å²) in [5, 5.41) is 10.0. The largest absolute Gasteiger partial charge is 0.481 e. The number of aromatic nitrogens is 2. The third-order valence-electron chi connectivity index (χ3n) is 3.24. The normalized spacial score (nSPS) is 20.9. The molecule has 1 aromatic rings. The van der Waals surface area contributed by atoms with Gasteiger partial charge in [0.05, 0.1) is 25.0 Å². The average Bonchev–Trinajstić information content (AvgIpc) is 2.92. The van der Waals surface area contributed by atoms with Gasteiger partial charge in [-0.05, 0) is 32.1 Å². The molecular weight excluding hydrogens is 232 g/mol. The molecular formula is C13H20N2O3. The van der Waals surface area contributed by atoms with E-state index in [1.165, 1.54) is 6.33 Å². The van der Waals surface area contributed by atoms with Gasteiger partial charge < -0.3 is 14.6 Å². The van der Waals surface area contributed by atoms with E-state index in [0.717, 1.165) is 32.3 Å². The van der Waals surface area contributed by atoms with Crippen molar-refractivity contribution in [3.8, 4) is 5.88 Å². The van der Waals surface area contributed by atoms with Crippen LogP contribution in [0.25, 0.3) is 0 Å². The summed E-state index contributed by atoms with van der Waals surface area (Å²) in [6, 6.07) is 1.68. The lowest BCUT2D eigenvalue weighted by Gasteiger charge is -2.12. The van der Waals surface area contributed by atoms with Crippen LogP contribution >= 0.6 is 0 Å². The summed E-state index contributed by atoms with van der Waals surface area (Å²) < 4.78 is 10.6. The average molecular weight is 252 g/mol. The molecule has 1 fully saturated rings. The van der Waals surface area contributed by atoms with Crippen LogP contribution in [0, 0.1) is 0 Å². The summed E-state index contributed by atoms with van der Waals surface area (Å²) in [5.74, 6) is 0.484. The first-order chi connectivity index (χ1) is 8.79. The Morgan fingerprint density at radius 3 is 3.17 bits per heavy atom. The summed E-state index contributed by atoms with van der Waals surface area (Å²) in [4.78, 5) is 7.98. The minimum atomic E-state index is -0.552. The lowest BCUT2D eigenvalue weighted by Crippen LogP contribution is -2.07. The van der Waals surface area contributed by atoms with Gasteiger partial charge in [0.25, 0.3) is 0 Å². The van der Waals surface area contributed by atoms with Gasteiger partial charge in [0, 0.05) is 12.7 Å². The van der Waals surface area contributed by atoms with E-state index in [2.05, 4.69) is 9.97 Å². The molecule has 1 aliphatic heterocycles. The van der Waals surface area contributed by atoms with Crippen molar-refractivity contribution in [2.24, 2.45) is 0 Å². The highest BCUT2D eigenvalue weighted by atomic mass is 16.5. The molecule has 0 radical (unpaired) electrons. The molecule has 2 heterocycles. The third-order valence-corrected chi connectivity index (χ3v) is 3.24. The lowest BCUT2D eigenvalue weighted by atomic mass is 10.0. The number of aliphatic hydroxyl groups is 1. The molecule has 0 saturated carbocycles. The van der Waals surface area contributed by atoms with Crippen molar-refractivity contribution in [2.45, 2.75) is 44.3 Å². The summed E-state index contributed by atoms with van der Waals surface area (Å²) in [7, 11) is 1.55. The van der Waals surface area contributed by atoms with Crippen molar-refractivity contribution in [1.29, 1.82) is 0 Å². The highest BCUT2D eigenvalue weighted by Gasteiger charge is 2.16. The summed E-state index contributed by atoms with van der Waals surface area (Å²) in [5.41, 5.74) is 0.620. The second-order valence-corrected chi connectivity index (χ2v) is 4.57. The second-order valence-electron chi connectivity index (χ2n) is 4.57. The lowest BCUT2D eigenvalue weighted by molar-refractivity contribution is 0.0939. The maximum absolute atomic E-state index is 10.0. The first-order valence-corrected chi connectivity index (χ1v) is 6.45. The minimum absolute atomic E-state index is 0.386. The van der Waals surface area contributed by atoms with Gasteiger partial charge >= 0.3 is 0 Å². The van der Waals surface area contributed by atoms with Crippen molar-refractivity contribution >= 4 is 0 Å². The number of aliphatic hydroxyl groups excluding tert-OH is 1. The predicted molar refractivity (Wildman–Crippen MR) is 66.4 cm³/mol. The quantitative estimate of drug-likeness (QED) is 0.837. The van der Waals surface area contributed by atoms with E-state index >= 15 is 0 Å². The molecule has 0 spiro atoms. The van der Waals surface area contributed by atoms with Crippen LogP contribution in [-0.4, -0.2) is 34.9 Å². The van der Waals surface area contributed by atoms with E-state index in [0.29, 0.717) is 24.1 Å². The Morgan fingerprint density at radius 1 is 1.56 bits per heavy atom. The molecule has 18 heavy (non-hydrogen) atoms. The molecule has 2 atom stereocenters. The van der Waals surface area contributed by atoms with Crippen molar-refractivity contribution in [2.75, 3.05) is 13.7 Å². The van der Waals surface area contributed by atoms with Gasteiger partial charge in [0.15, 0.2) is 0 Å². The van der Waals surface area contributed by atoms with Gasteiger partial charge in [-0.25, -0.2) is 9.97 Å². The van der Waals surface area contributed by atoms with E-state index in [-0.39, 0.29) is 0 Å². The number of methoxy groups -OCH3 is 1. The van der Waals surface area contributed by atoms with Crippen LogP contribution in [-0.2, 0) is 4.74 Å². The van der Waals surface area contributed by atoms with Crippen LogP contribution in [0.3, 0.4) is 0 Å². The number of rotatable bonds is 6. The maximum atomic E-state index is 10.0. The monoisotopic (exact) mass is 252 g/mol. The molecule has 2 unspecified atom stereocenters. The zero-order valence-corrected chi connectivity index (χ0v) is 10.7. The van der Waals surface area contributed by atoms with Gasteiger partial charge in [-0.1, -0.05) is 0 Å². The van der Waals surface area contributed by atoms with Gasteiger partial charge in [-0.15, -0.1) is 0 Å². The highest BCUT2D eigenvalue weighted by molar-refractivity contribution is 5.15. The van der Waals surface area contributed by atoms with Gasteiger partial charge in [-0.2, -0.15) is 0 Å². The Labute approximate surface area is 107 Å². The Bertz CT molecular complexity index is 367. The van der Waals surface area contributed by atoms with Crippen molar-refractivity contribution < 1.29 is 14.6 Å². The number of ether oxygens (including phenoxy) is 2. The van der Waals surface area contributed by atoms with E-state index in [9.17, 15) is 5.11 Å². The topological polar surface area (TPSA) is 64.5 Å². The van der Waals surface area contributed by atoms with Gasteiger partial charge in [0.1, 0.15) is 6.33 Å². The molecule has 1 saturated heterocycles. The smallest absolute Gasteiger partial charge is 0.216 e. The number of hydrogen-bond donors (Lipinski definition) is 1. The van der Waals surface area contributed by atoms with Crippen LogP contribution in [0.15, 0.2) is 12.4 Å². The molecule has 100 valence electrons. The number of nitrogens with zero attached hydrogens (tertiary/aromatic N) is 2. The Balaban J connectivity index is 1.77. The molecule has 0 bridgehead atoms. The van der Waals surface area contributed by atoms with Gasteiger partial charge in [0.2, 0.25) is 5.88 Å². The van der Waals surface area contributed by atoms with E-state index in [1.54, 1.807) is 13.2 Å². The Morgan fingerprint density at radius 2 is 2.44 bits per heavy atom. The third kappa shape index (κ3) is 3.65. The fourth-order valence-corrected chi connectivity index (χ4v) is 2.21. The second kappa shape index (κ2) is 6.66. The van der Waals surface area contributed by atoms with Crippen molar-refractivity contribution in [3.63, 3.8) is 0 Å². The Kier molecular flexibility index (Phi) is 4.90. The van der Waals surface area contributed by atoms with Gasteiger partial charge in [-0.3, -0.25) is 0 Å². The zero-order valence-electron chi connectivity index (χ0n) is 10.7. The molecule has 1 N–H and O–H groups in total. The first kappa shape index (κ1) is 13.2. The molecule has 0 aromatic carbocycles. The molecule has 0 amide bonds. The summed E-state index contributed by atoms with van der Waals surface area (Å²) >= 11 is 0. The molecule has 1 aromatic heterocycles. The standard InChI is InChI=1S/C13H20N2O3/c1-17-13-8-11(14-9-15-13)12(16)6-2-4-10-5-3-7-18-10/h8-10,12,16H,2-7H2,1H3. The van der Waals surface area contributed by atoms with Crippen LogP contribution in [0.5, 0.6) is 5.88 Å². The molecule has 5 heteroatoms. The van der Waals surface area contributed by atoms with E-state index < -0.39 is 6.10 Å². The van der Waals surface area contributed by atoms with E-state index in [4.69, 9.17) is 9.47 Å². The SMILES string of the molecule is COc1cc(C(O)CCCC2CCCO2)ncn1. The molecule has 2 rings (SSSR count). The number of hydrogen-bond acceptors (Lipinski definition) is 5. The van der Waals surface area contributed by atoms with Crippen molar-refractivity contribution in [3.05, 3.63) is 18.1 Å². The Hall–Kier alpha value is -1.20. The minimum Gasteiger partial charge on any atom is -0.481 e. The molecule has 5 nitrogen and oxygen atoms in total. The van der Waals surface area contributed by atoms with Crippen LogP contribution in [0.1, 0.15) is 43.9 Å². The van der Waals surface area contributed by atoms with Crippen LogP contribution in [0.2, 0.25) is 0 Å². The van der Waals surface area contributed by atoms with E-state index in [1.807, 2.05) is 0 Å².